The second-order valence-electron chi connectivity index (χ2n) is 5.84. The highest BCUT2D eigenvalue weighted by molar-refractivity contribution is 6.04. The van der Waals surface area contributed by atoms with Crippen LogP contribution in [0.25, 0.3) is 0 Å². The highest BCUT2D eigenvalue weighted by Crippen LogP contribution is 2.20. The lowest BCUT2D eigenvalue weighted by Gasteiger charge is -2.13. The second-order valence-corrected chi connectivity index (χ2v) is 5.84. The Morgan fingerprint density at radius 2 is 1.92 bits per heavy atom. The van der Waals surface area contributed by atoms with E-state index < -0.39 is 5.97 Å². The molecular weight excluding hydrogens is 336 g/mol. The van der Waals surface area contributed by atoms with E-state index in [0.717, 1.165) is 0 Å². The molecule has 1 aromatic heterocycles. The number of aliphatic carboxylic acids is 1. The molecule has 0 fully saturated rings. The normalized spacial score (nSPS) is 10.4. The van der Waals surface area contributed by atoms with Gasteiger partial charge in [-0.15, -0.1) is 0 Å². The number of carbonyl (C=O) groups is 2. The molecule has 0 atom stereocenters. The van der Waals surface area contributed by atoms with Crippen LogP contribution < -0.4 is 14.8 Å². The molecule has 0 saturated heterocycles. The SMILES string of the molecule is CC(C)Oc1cccnc1C(=O)Nc1ccc(OCCCC(=O)O)cc1. The number of hydrogen-bond donors (Lipinski definition) is 2. The zero-order valence-electron chi connectivity index (χ0n) is 14.8. The lowest BCUT2D eigenvalue weighted by Crippen LogP contribution is -2.17. The van der Waals surface area contributed by atoms with Crippen LogP contribution >= 0.6 is 0 Å². The van der Waals surface area contributed by atoms with E-state index in [1.54, 1.807) is 36.4 Å². The van der Waals surface area contributed by atoms with E-state index in [-0.39, 0.29) is 24.1 Å². The van der Waals surface area contributed by atoms with Gasteiger partial charge in [-0.1, -0.05) is 0 Å². The number of carboxylic acids is 1. The molecule has 1 heterocycles. The van der Waals surface area contributed by atoms with Crippen molar-refractivity contribution in [2.24, 2.45) is 0 Å². The highest BCUT2D eigenvalue weighted by atomic mass is 16.5. The van der Waals surface area contributed by atoms with Gasteiger partial charge in [-0.05, 0) is 56.7 Å². The number of amides is 1. The standard InChI is InChI=1S/C19H22N2O5/c1-13(2)26-16-5-3-11-20-18(16)19(24)21-14-7-9-15(10-8-14)25-12-4-6-17(22)23/h3,5,7-11,13H,4,6,12H2,1-2H3,(H,21,24)(H,22,23). The molecule has 1 amide bonds. The third kappa shape index (κ3) is 6.08. The van der Waals surface area contributed by atoms with Crippen molar-refractivity contribution in [2.45, 2.75) is 32.8 Å². The van der Waals surface area contributed by atoms with Gasteiger partial charge in [-0.3, -0.25) is 9.59 Å². The molecule has 138 valence electrons. The molecule has 2 aromatic rings. The summed E-state index contributed by atoms with van der Waals surface area (Å²) in [7, 11) is 0. The van der Waals surface area contributed by atoms with Gasteiger partial charge in [0.05, 0.1) is 12.7 Å². The van der Waals surface area contributed by atoms with Crippen molar-refractivity contribution >= 4 is 17.6 Å². The summed E-state index contributed by atoms with van der Waals surface area (Å²) in [5.74, 6) is -0.174. The van der Waals surface area contributed by atoms with E-state index >= 15 is 0 Å². The average Bonchev–Trinajstić information content (AvgIpc) is 2.60. The Hall–Kier alpha value is -3.09. The van der Waals surface area contributed by atoms with Gasteiger partial charge in [0, 0.05) is 18.3 Å². The summed E-state index contributed by atoms with van der Waals surface area (Å²) in [6.45, 7) is 4.08. The fraction of sp³-hybridized carbons (Fsp3) is 0.316. The van der Waals surface area contributed by atoms with E-state index in [2.05, 4.69) is 10.3 Å². The number of rotatable bonds is 9. The number of nitrogens with zero attached hydrogens (tertiary/aromatic N) is 1. The molecule has 2 N–H and O–H groups in total. The number of hydrogen-bond acceptors (Lipinski definition) is 5. The topological polar surface area (TPSA) is 97.8 Å². The summed E-state index contributed by atoms with van der Waals surface area (Å²) in [4.78, 5) is 27.0. The molecule has 0 spiro atoms. The van der Waals surface area contributed by atoms with Crippen molar-refractivity contribution in [2.75, 3.05) is 11.9 Å². The van der Waals surface area contributed by atoms with Crippen LogP contribution in [0.4, 0.5) is 5.69 Å². The average molecular weight is 358 g/mol. The smallest absolute Gasteiger partial charge is 0.303 e. The van der Waals surface area contributed by atoms with Gasteiger partial charge in [0.1, 0.15) is 5.75 Å². The fourth-order valence-electron chi connectivity index (χ4n) is 2.15. The minimum absolute atomic E-state index is 0.0664. The molecular formula is C19H22N2O5. The third-order valence-electron chi connectivity index (χ3n) is 3.26. The number of ether oxygens (including phenoxy) is 2. The summed E-state index contributed by atoms with van der Waals surface area (Å²) in [6.07, 6.45) is 1.98. The van der Waals surface area contributed by atoms with Crippen LogP contribution in [0.5, 0.6) is 11.5 Å². The number of aromatic nitrogens is 1. The lowest BCUT2D eigenvalue weighted by atomic mass is 10.2. The van der Waals surface area contributed by atoms with E-state index in [4.69, 9.17) is 14.6 Å². The zero-order valence-corrected chi connectivity index (χ0v) is 14.8. The van der Waals surface area contributed by atoms with Crippen LogP contribution in [0, 0.1) is 0 Å². The van der Waals surface area contributed by atoms with Crippen molar-refractivity contribution < 1.29 is 24.2 Å². The van der Waals surface area contributed by atoms with Crippen molar-refractivity contribution in [3.05, 3.63) is 48.3 Å². The molecule has 7 nitrogen and oxygen atoms in total. The summed E-state index contributed by atoms with van der Waals surface area (Å²) in [6, 6.07) is 10.2. The maximum absolute atomic E-state index is 12.4. The van der Waals surface area contributed by atoms with Crippen LogP contribution in [0.1, 0.15) is 37.2 Å². The van der Waals surface area contributed by atoms with Gasteiger partial charge in [-0.25, -0.2) is 4.98 Å². The van der Waals surface area contributed by atoms with Gasteiger partial charge in [0.15, 0.2) is 11.4 Å². The molecule has 0 radical (unpaired) electrons. The third-order valence-corrected chi connectivity index (χ3v) is 3.26. The maximum Gasteiger partial charge on any atom is 0.303 e. The second kappa shape index (κ2) is 9.41. The molecule has 0 aliphatic carbocycles. The number of carbonyl (C=O) groups excluding carboxylic acids is 1. The minimum atomic E-state index is -0.845. The Morgan fingerprint density at radius 3 is 2.58 bits per heavy atom. The summed E-state index contributed by atoms with van der Waals surface area (Å²) < 4.78 is 11.1. The molecule has 7 heteroatoms. The predicted molar refractivity (Wildman–Crippen MR) is 96.8 cm³/mol. The number of anilines is 1. The van der Waals surface area contributed by atoms with Gasteiger partial charge in [-0.2, -0.15) is 0 Å². The molecule has 0 bridgehead atoms. The molecule has 0 aliphatic heterocycles. The monoisotopic (exact) mass is 358 g/mol. The summed E-state index contributed by atoms with van der Waals surface area (Å²) in [5, 5.41) is 11.3. The molecule has 2 rings (SSSR count). The van der Waals surface area contributed by atoms with Crippen LogP contribution in [0.3, 0.4) is 0 Å². The first-order chi connectivity index (χ1) is 12.5. The molecule has 1 aromatic carbocycles. The van der Waals surface area contributed by atoms with Crippen molar-refractivity contribution in [1.29, 1.82) is 0 Å². The Labute approximate surface area is 152 Å². The van der Waals surface area contributed by atoms with Gasteiger partial charge in [0.25, 0.3) is 5.91 Å². The van der Waals surface area contributed by atoms with Gasteiger partial charge >= 0.3 is 5.97 Å². The van der Waals surface area contributed by atoms with E-state index in [0.29, 0.717) is 30.2 Å². The lowest BCUT2D eigenvalue weighted by molar-refractivity contribution is -0.137. The van der Waals surface area contributed by atoms with E-state index in [9.17, 15) is 9.59 Å². The molecule has 0 saturated carbocycles. The first-order valence-corrected chi connectivity index (χ1v) is 8.33. The summed E-state index contributed by atoms with van der Waals surface area (Å²) >= 11 is 0. The van der Waals surface area contributed by atoms with Crippen LogP contribution in [0.15, 0.2) is 42.6 Å². The Kier molecular flexibility index (Phi) is 6.96. The zero-order chi connectivity index (χ0) is 18.9. The number of nitrogens with one attached hydrogen (secondary N) is 1. The fourth-order valence-corrected chi connectivity index (χ4v) is 2.15. The predicted octanol–water partition coefficient (Wildman–Crippen LogP) is 3.36. The molecule has 0 aliphatic rings. The Balaban J connectivity index is 1.94. The Bertz CT molecular complexity index is 744. The number of benzene rings is 1. The first kappa shape index (κ1) is 19.2. The number of carboxylic acid groups (broad SMARTS) is 1. The molecule has 0 unspecified atom stereocenters. The van der Waals surface area contributed by atoms with Gasteiger partial charge < -0.3 is 19.9 Å². The quantitative estimate of drug-likeness (QED) is 0.667. The molecule has 26 heavy (non-hydrogen) atoms. The van der Waals surface area contributed by atoms with Crippen LogP contribution in [-0.4, -0.2) is 34.7 Å². The van der Waals surface area contributed by atoms with Gasteiger partial charge in [0.2, 0.25) is 0 Å². The van der Waals surface area contributed by atoms with Crippen LogP contribution in [0.2, 0.25) is 0 Å². The first-order valence-electron chi connectivity index (χ1n) is 8.33. The summed E-state index contributed by atoms with van der Waals surface area (Å²) in [5.41, 5.74) is 0.809. The Morgan fingerprint density at radius 1 is 1.19 bits per heavy atom. The van der Waals surface area contributed by atoms with Crippen LogP contribution in [-0.2, 0) is 4.79 Å². The highest BCUT2D eigenvalue weighted by Gasteiger charge is 2.15. The van der Waals surface area contributed by atoms with Crippen molar-refractivity contribution in [3.8, 4) is 11.5 Å². The van der Waals surface area contributed by atoms with E-state index in [1.165, 1.54) is 6.20 Å². The maximum atomic E-state index is 12.4. The largest absolute Gasteiger partial charge is 0.494 e. The minimum Gasteiger partial charge on any atom is -0.494 e. The van der Waals surface area contributed by atoms with Crippen molar-refractivity contribution in [3.63, 3.8) is 0 Å². The van der Waals surface area contributed by atoms with Crippen molar-refractivity contribution in [1.82, 2.24) is 4.98 Å². The number of pyridine rings is 1. The van der Waals surface area contributed by atoms with E-state index in [1.807, 2.05) is 13.8 Å².